The van der Waals surface area contributed by atoms with Gasteiger partial charge in [-0.1, -0.05) is 61.1 Å². The van der Waals surface area contributed by atoms with E-state index >= 15 is 0 Å². The Bertz CT molecular complexity index is 453. The van der Waals surface area contributed by atoms with Gasteiger partial charge in [0, 0.05) is 17.2 Å². The first-order valence-electron chi connectivity index (χ1n) is 8.15. The third-order valence-electron chi connectivity index (χ3n) is 5.25. The molecule has 1 aliphatic rings. The molecular weight excluding hydrogens is 390 g/mol. The number of hydrogen-bond acceptors (Lipinski definition) is 1. The average Bonchev–Trinajstić information content (AvgIpc) is 2.65. The Morgan fingerprint density at radius 1 is 1.04 bits per heavy atom. The highest BCUT2D eigenvalue weighted by Crippen LogP contribution is 2.47. The van der Waals surface area contributed by atoms with Crippen molar-refractivity contribution in [1.29, 1.82) is 0 Å². The van der Waals surface area contributed by atoms with Crippen LogP contribution in [-0.4, -0.2) is 23.6 Å². The van der Waals surface area contributed by atoms with Gasteiger partial charge in [-0.2, -0.15) is 0 Å². The zero-order chi connectivity index (χ0) is 18.3. The van der Waals surface area contributed by atoms with E-state index in [1.54, 1.807) is 0 Å². The molecule has 0 bridgehead atoms. The molecule has 1 nitrogen and oxygen atoms in total. The van der Waals surface area contributed by atoms with Crippen molar-refractivity contribution in [2.24, 2.45) is 5.92 Å². The van der Waals surface area contributed by atoms with Crippen molar-refractivity contribution in [3.63, 3.8) is 0 Å². The standard InChI is InChI=1S/C17H30Cl4OSi/c1-15(2,3)23(6,7)22-11-13-12(10-17(19,20)21)8-9-14(13)16(4,5)18/h14H,8-11H2,1-7H3/t14-/m0/s1. The Kier molecular flexibility index (Phi) is 7.08. The Morgan fingerprint density at radius 3 is 1.96 bits per heavy atom. The molecule has 0 unspecified atom stereocenters. The van der Waals surface area contributed by atoms with Gasteiger partial charge >= 0.3 is 0 Å². The molecule has 1 rings (SSSR count). The van der Waals surface area contributed by atoms with Crippen LogP contribution in [0.4, 0.5) is 0 Å². The molecule has 0 aromatic heterocycles. The minimum Gasteiger partial charge on any atom is -0.413 e. The van der Waals surface area contributed by atoms with E-state index in [0.717, 1.165) is 12.8 Å². The molecule has 0 radical (unpaired) electrons. The second-order valence-electron chi connectivity index (χ2n) is 8.63. The first-order valence-corrected chi connectivity index (χ1v) is 12.6. The lowest BCUT2D eigenvalue weighted by Gasteiger charge is -2.37. The lowest BCUT2D eigenvalue weighted by molar-refractivity contribution is 0.297. The van der Waals surface area contributed by atoms with Crippen LogP contribution < -0.4 is 0 Å². The largest absolute Gasteiger partial charge is 0.413 e. The van der Waals surface area contributed by atoms with Crippen LogP contribution in [0.5, 0.6) is 0 Å². The molecule has 0 aromatic rings. The predicted molar refractivity (Wildman–Crippen MR) is 108 cm³/mol. The Labute approximate surface area is 163 Å². The van der Waals surface area contributed by atoms with Crippen LogP contribution in [0.2, 0.25) is 18.1 Å². The predicted octanol–water partition coefficient (Wildman–Crippen LogP) is 7.49. The number of allylic oxidation sites excluding steroid dienone is 1. The summed E-state index contributed by atoms with van der Waals surface area (Å²) in [6.45, 7) is 16.0. The molecule has 0 aromatic carbocycles. The molecule has 0 spiro atoms. The van der Waals surface area contributed by atoms with Crippen molar-refractivity contribution in [3.8, 4) is 0 Å². The fourth-order valence-corrected chi connectivity index (χ4v) is 4.45. The quantitative estimate of drug-likeness (QED) is 0.254. The van der Waals surface area contributed by atoms with E-state index in [4.69, 9.17) is 50.8 Å². The minimum absolute atomic E-state index is 0.174. The first kappa shape index (κ1) is 22.1. The van der Waals surface area contributed by atoms with E-state index in [0.29, 0.717) is 13.0 Å². The smallest absolute Gasteiger partial charge is 0.194 e. The molecule has 0 saturated carbocycles. The summed E-state index contributed by atoms with van der Waals surface area (Å²) in [5.74, 6) is 0.274. The van der Waals surface area contributed by atoms with E-state index in [2.05, 4.69) is 47.7 Å². The molecule has 0 N–H and O–H groups in total. The van der Waals surface area contributed by atoms with Crippen LogP contribution in [-0.2, 0) is 4.43 Å². The molecule has 1 aliphatic carbocycles. The van der Waals surface area contributed by atoms with Crippen molar-refractivity contribution >= 4 is 54.7 Å². The van der Waals surface area contributed by atoms with Crippen LogP contribution >= 0.6 is 46.4 Å². The topological polar surface area (TPSA) is 9.23 Å². The maximum absolute atomic E-state index is 6.63. The van der Waals surface area contributed by atoms with Crippen LogP contribution in [0.1, 0.15) is 53.9 Å². The van der Waals surface area contributed by atoms with Gasteiger partial charge in [0.05, 0.1) is 6.61 Å². The van der Waals surface area contributed by atoms with Crippen LogP contribution in [0.25, 0.3) is 0 Å². The highest BCUT2D eigenvalue weighted by molar-refractivity contribution is 6.74. The second-order valence-corrected chi connectivity index (χ2v) is 16.9. The van der Waals surface area contributed by atoms with Gasteiger partial charge in [0.1, 0.15) is 0 Å². The number of alkyl halides is 4. The molecular formula is C17H30Cl4OSi. The van der Waals surface area contributed by atoms with Gasteiger partial charge < -0.3 is 4.43 Å². The molecule has 23 heavy (non-hydrogen) atoms. The molecule has 136 valence electrons. The van der Waals surface area contributed by atoms with E-state index in [9.17, 15) is 0 Å². The summed E-state index contributed by atoms with van der Waals surface area (Å²) >= 11 is 24.7. The van der Waals surface area contributed by atoms with Crippen molar-refractivity contribution in [1.82, 2.24) is 0 Å². The van der Waals surface area contributed by atoms with E-state index in [-0.39, 0.29) is 15.8 Å². The summed E-state index contributed by atoms with van der Waals surface area (Å²) < 4.78 is 5.18. The van der Waals surface area contributed by atoms with Gasteiger partial charge in [0.2, 0.25) is 0 Å². The summed E-state index contributed by atoms with van der Waals surface area (Å²) in [5, 5.41) is 0.174. The van der Waals surface area contributed by atoms with Gasteiger partial charge in [-0.25, -0.2) is 0 Å². The highest BCUT2D eigenvalue weighted by Gasteiger charge is 2.41. The van der Waals surface area contributed by atoms with Gasteiger partial charge in [-0.05, 0) is 50.4 Å². The third kappa shape index (κ3) is 6.38. The van der Waals surface area contributed by atoms with E-state index < -0.39 is 12.1 Å². The summed E-state index contributed by atoms with van der Waals surface area (Å²) in [6.07, 6.45) is 2.39. The van der Waals surface area contributed by atoms with Crippen LogP contribution in [0.15, 0.2) is 11.1 Å². The minimum atomic E-state index is -1.83. The second kappa shape index (κ2) is 7.37. The van der Waals surface area contributed by atoms with Crippen molar-refractivity contribution in [2.75, 3.05) is 6.61 Å². The van der Waals surface area contributed by atoms with Crippen molar-refractivity contribution in [3.05, 3.63) is 11.1 Å². The summed E-state index contributed by atoms with van der Waals surface area (Å²) in [7, 11) is -1.83. The molecule has 6 heteroatoms. The summed E-state index contributed by atoms with van der Waals surface area (Å²) in [4.78, 5) is -0.318. The van der Waals surface area contributed by atoms with Crippen molar-refractivity contribution in [2.45, 2.75) is 80.7 Å². The maximum Gasteiger partial charge on any atom is 0.194 e. The van der Waals surface area contributed by atoms with Gasteiger partial charge in [-0.15, -0.1) is 11.6 Å². The molecule has 0 heterocycles. The average molecular weight is 420 g/mol. The Morgan fingerprint density at radius 2 is 1.57 bits per heavy atom. The molecule has 0 aliphatic heterocycles. The SMILES string of the molecule is CC(C)(Cl)[C@H]1CCC(CC(Cl)(Cl)Cl)=C1CO[Si](C)(C)C(C)(C)C. The molecule has 0 fully saturated rings. The summed E-state index contributed by atoms with van der Waals surface area (Å²) in [5.41, 5.74) is 2.46. The Balaban J connectivity index is 3.04. The van der Waals surface area contributed by atoms with Crippen molar-refractivity contribution < 1.29 is 4.43 Å². The zero-order valence-corrected chi connectivity index (χ0v) is 19.3. The molecule has 1 atom stereocenters. The monoisotopic (exact) mass is 418 g/mol. The van der Waals surface area contributed by atoms with Gasteiger partial charge in [0.15, 0.2) is 12.1 Å². The summed E-state index contributed by atoms with van der Waals surface area (Å²) in [6, 6.07) is 0. The maximum atomic E-state index is 6.63. The molecule has 0 amide bonds. The van der Waals surface area contributed by atoms with Crippen LogP contribution in [0.3, 0.4) is 0 Å². The third-order valence-corrected chi connectivity index (χ3v) is 10.4. The van der Waals surface area contributed by atoms with E-state index in [1.165, 1.54) is 11.1 Å². The number of hydrogen-bond donors (Lipinski definition) is 0. The molecule has 0 saturated heterocycles. The zero-order valence-electron chi connectivity index (χ0n) is 15.3. The van der Waals surface area contributed by atoms with E-state index in [1.807, 2.05) is 0 Å². The van der Waals surface area contributed by atoms with Crippen LogP contribution in [0, 0.1) is 5.92 Å². The highest BCUT2D eigenvalue weighted by atomic mass is 35.6. The number of rotatable bonds is 5. The first-order chi connectivity index (χ1) is 10.0. The number of halogens is 4. The van der Waals surface area contributed by atoms with Gasteiger partial charge in [0.25, 0.3) is 0 Å². The fourth-order valence-electron chi connectivity index (χ4n) is 2.78. The lowest BCUT2D eigenvalue weighted by Crippen LogP contribution is -2.42. The normalized spacial score (nSPS) is 21.3. The Hall–Kier alpha value is 1.08. The fraction of sp³-hybridized carbons (Fsp3) is 0.882. The van der Waals surface area contributed by atoms with Gasteiger partial charge in [-0.3, -0.25) is 0 Å². The lowest BCUT2D eigenvalue weighted by atomic mass is 9.88.